The van der Waals surface area contributed by atoms with Gasteiger partial charge in [-0.05, 0) is 89.3 Å². The van der Waals surface area contributed by atoms with Gasteiger partial charge in [-0.15, -0.1) is 0 Å². The topological polar surface area (TPSA) is 27.5 Å². The number of para-hydroxylation sites is 4. The van der Waals surface area contributed by atoms with E-state index in [-0.39, 0.29) is 5.41 Å². The molecule has 1 aliphatic rings. The van der Waals surface area contributed by atoms with Gasteiger partial charge in [-0.3, -0.25) is 4.57 Å². The van der Waals surface area contributed by atoms with E-state index < -0.39 is 0 Å². The first-order valence-electron chi connectivity index (χ1n) is 18.0. The van der Waals surface area contributed by atoms with Gasteiger partial charge in [-0.2, -0.15) is 0 Å². The maximum absolute atomic E-state index is 4.93. The summed E-state index contributed by atoms with van der Waals surface area (Å²) in [4.78, 5) is 12.2. The highest BCUT2D eigenvalue weighted by molar-refractivity contribution is 6.10. The zero-order valence-electron chi connectivity index (χ0n) is 29.8. The summed E-state index contributed by atoms with van der Waals surface area (Å²) in [5, 5.41) is 2.42. The Bertz CT molecular complexity index is 2530. The lowest BCUT2D eigenvalue weighted by Crippen LogP contribution is -2.27. The number of rotatable bonds is 7. The maximum Gasteiger partial charge on any atom is 0.137 e. The van der Waals surface area contributed by atoms with Gasteiger partial charge < -0.3 is 14.7 Å². The van der Waals surface area contributed by atoms with Crippen LogP contribution in [0.15, 0.2) is 170 Å². The van der Waals surface area contributed by atoms with Crippen molar-refractivity contribution in [1.82, 2.24) is 9.55 Å². The number of nitrogens with zero attached hydrogens (tertiary/aromatic N) is 5. The zero-order chi connectivity index (χ0) is 35.2. The van der Waals surface area contributed by atoms with Gasteiger partial charge in [0, 0.05) is 46.3 Å². The summed E-state index contributed by atoms with van der Waals surface area (Å²) in [5.74, 6) is 0.928. The summed E-state index contributed by atoms with van der Waals surface area (Å²) >= 11 is 0. The first kappa shape index (κ1) is 31.6. The van der Waals surface area contributed by atoms with Crippen LogP contribution in [0.1, 0.15) is 31.9 Å². The molecule has 2 aromatic heterocycles. The fourth-order valence-electron chi connectivity index (χ4n) is 7.62. The molecule has 0 amide bonds. The minimum Gasteiger partial charge on any atom is -0.347 e. The molecule has 0 spiro atoms. The second kappa shape index (κ2) is 12.8. The van der Waals surface area contributed by atoms with Crippen molar-refractivity contribution in [2.75, 3.05) is 21.4 Å². The maximum atomic E-state index is 4.93. The van der Waals surface area contributed by atoms with Crippen molar-refractivity contribution in [3.8, 4) is 5.82 Å². The van der Waals surface area contributed by atoms with Crippen molar-refractivity contribution in [3.63, 3.8) is 0 Å². The normalized spacial score (nSPS) is 12.8. The second-order valence-corrected chi connectivity index (χ2v) is 14.6. The van der Waals surface area contributed by atoms with E-state index in [1.165, 1.54) is 33.3 Å². The number of hydrogen-bond acceptors (Lipinski definition) is 4. The highest BCUT2D eigenvalue weighted by atomic mass is 15.4. The molecule has 9 rings (SSSR count). The van der Waals surface area contributed by atoms with Gasteiger partial charge in [0.2, 0.25) is 0 Å². The Morgan fingerprint density at radius 1 is 0.577 bits per heavy atom. The monoisotopic (exact) mass is 675 g/mol. The van der Waals surface area contributed by atoms with Crippen LogP contribution < -0.4 is 14.7 Å². The Morgan fingerprint density at radius 2 is 1.25 bits per heavy atom. The average molecular weight is 676 g/mol. The van der Waals surface area contributed by atoms with Crippen LogP contribution in [0.3, 0.4) is 0 Å². The summed E-state index contributed by atoms with van der Waals surface area (Å²) in [6.45, 7) is 8.39. The average Bonchev–Trinajstić information content (AvgIpc) is 3.71. The summed E-state index contributed by atoms with van der Waals surface area (Å²) in [6, 6.07) is 59.0. The molecule has 0 N–H and O–H groups in total. The van der Waals surface area contributed by atoms with E-state index in [2.05, 4.69) is 204 Å². The van der Waals surface area contributed by atoms with Crippen molar-refractivity contribution in [2.45, 2.75) is 32.7 Å². The van der Waals surface area contributed by atoms with E-state index in [0.717, 1.165) is 52.8 Å². The Kier molecular flexibility index (Phi) is 7.77. The van der Waals surface area contributed by atoms with E-state index in [4.69, 9.17) is 4.98 Å². The predicted octanol–water partition coefficient (Wildman–Crippen LogP) is 12.1. The van der Waals surface area contributed by atoms with Crippen LogP contribution in [0.2, 0.25) is 0 Å². The number of anilines is 6. The molecule has 0 fully saturated rings. The van der Waals surface area contributed by atoms with Crippen molar-refractivity contribution in [2.24, 2.45) is 0 Å². The van der Waals surface area contributed by atoms with Crippen LogP contribution in [0.25, 0.3) is 27.6 Å². The first-order chi connectivity index (χ1) is 25.4. The highest BCUT2D eigenvalue weighted by Crippen LogP contribution is 2.44. The van der Waals surface area contributed by atoms with Gasteiger partial charge >= 0.3 is 0 Å². The van der Waals surface area contributed by atoms with Crippen molar-refractivity contribution >= 4 is 55.9 Å². The fraction of sp³-hybridized carbons (Fsp3) is 0.128. The molecule has 0 atom stereocenters. The van der Waals surface area contributed by atoms with E-state index in [9.17, 15) is 0 Å². The molecule has 5 heteroatoms. The smallest absolute Gasteiger partial charge is 0.137 e. The predicted molar refractivity (Wildman–Crippen MR) is 218 cm³/mol. The first-order valence-corrected chi connectivity index (χ1v) is 18.0. The molecule has 8 aromatic rings. The molecule has 0 radical (unpaired) electrons. The number of fused-ring (bicyclic) bond motifs is 4. The lowest BCUT2D eigenvalue weighted by molar-refractivity contribution is 0.588. The van der Waals surface area contributed by atoms with Crippen LogP contribution in [-0.4, -0.2) is 16.2 Å². The minimum atomic E-state index is 0.00513. The number of aromatic nitrogens is 2. The third kappa shape index (κ3) is 5.65. The molecule has 52 heavy (non-hydrogen) atoms. The minimum absolute atomic E-state index is 0.00513. The van der Waals surface area contributed by atoms with E-state index in [0.29, 0.717) is 0 Å². The molecular weight excluding hydrogens is 635 g/mol. The van der Waals surface area contributed by atoms with E-state index in [1.807, 2.05) is 6.20 Å². The van der Waals surface area contributed by atoms with Gasteiger partial charge in [0.1, 0.15) is 5.82 Å². The van der Waals surface area contributed by atoms with Gasteiger partial charge in [0.15, 0.2) is 0 Å². The summed E-state index contributed by atoms with van der Waals surface area (Å²) < 4.78 is 2.32. The number of hydrogen-bond donors (Lipinski definition) is 0. The molecule has 3 heterocycles. The van der Waals surface area contributed by atoms with Crippen LogP contribution in [0.5, 0.6) is 0 Å². The molecular formula is C47H41N5. The second-order valence-electron chi connectivity index (χ2n) is 14.6. The van der Waals surface area contributed by atoms with Crippen molar-refractivity contribution in [3.05, 3.63) is 181 Å². The lowest BCUT2D eigenvalue weighted by Gasteiger charge is -2.28. The lowest BCUT2D eigenvalue weighted by atomic mass is 9.88. The molecule has 0 unspecified atom stereocenters. The highest BCUT2D eigenvalue weighted by Gasteiger charge is 2.27. The molecule has 1 aliphatic heterocycles. The SMILES string of the molecule is CC(C)(C)c1ccnc(-n2c3ccccc3c3ccc(N(c4ccccc4)c4cccc(N5CN(Cc6ccccc6)c6ccccc65)c4)cc32)c1. The molecule has 254 valence electrons. The quantitative estimate of drug-likeness (QED) is 0.168. The Labute approximate surface area is 305 Å². The summed E-state index contributed by atoms with van der Waals surface area (Å²) in [6.07, 6.45) is 1.94. The molecule has 0 bridgehead atoms. The van der Waals surface area contributed by atoms with E-state index in [1.54, 1.807) is 0 Å². The van der Waals surface area contributed by atoms with Crippen LogP contribution >= 0.6 is 0 Å². The molecule has 5 nitrogen and oxygen atoms in total. The van der Waals surface area contributed by atoms with E-state index >= 15 is 0 Å². The Hall–Kier alpha value is -6.33. The molecule has 0 saturated heterocycles. The third-order valence-corrected chi connectivity index (χ3v) is 10.2. The Balaban J connectivity index is 1.17. The molecule has 0 saturated carbocycles. The van der Waals surface area contributed by atoms with Crippen LogP contribution in [0, 0.1) is 0 Å². The standard InChI is InChI=1S/C47H41N5/c1-47(2,3)35-27-28-48-46(29-35)52-42-22-11-10-21-40(42)41-26-25-39(31-45(41)52)51(36-17-8-5-9-18-36)38-20-14-19-37(30-38)50-33-49(32-34-15-6-4-7-16-34)43-23-12-13-24-44(43)50/h4-31H,32-33H2,1-3H3. The van der Waals surface area contributed by atoms with Gasteiger partial charge in [-0.25, -0.2) is 4.98 Å². The Morgan fingerprint density at radius 3 is 2.06 bits per heavy atom. The fourth-order valence-corrected chi connectivity index (χ4v) is 7.62. The number of benzene rings is 6. The zero-order valence-corrected chi connectivity index (χ0v) is 29.8. The van der Waals surface area contributed by atoms with Crippen molar-refractivity contribution in [1.29, 1.82) is 0 Å². The molecule has 0 aliphatic carbocycles. The van der Waals surface area contributed by atoms with Gasteiger partial charge in [0.05, 0.1) is 29.1 Å². The van der Waals surface area contributed by atoms with Crippen LogP contribution in [0.4, 0.5) is 34.1 Å². The van der Waals surface area contributed by atoms with Crippen molar-refractivity contribution < 1.29 is 0 Å². The molecule has 6 aromatic carbocycles. The third-order valence-electron chi connectivity index (χ3n) is 10.2. The van der Waals surface area contributed by atoms with Gasteiger partial charge in [0.25, 0.3) is 0 Å². The van der Waals surface area contributed by atoms with Gasteiger partial charge in [-0.1, -0.05) is 112 Å². The number of pyridine rings is 1. The largest absolute Gasteiger partial charge is 0.347 e. The van der Waals surface area contributed by atoms with Crippen LogP contribution in [-0.2, 0) is 12.0 Å². The summed E-state index contributed by atoms with van der Waals surface area (Å²) in [5.41, 5.74) is 11.7. The summed E-state index contributed by atoms with van der Waals surface area (Å²) in [7, 11) is 0.